The van der Waals surface area contributed by atoms with Crippen molar-refractivity contribution < 1.29 is 22.3 Å². The van der Waals surface area contributed by atoms with E-state index in [0.29, 0.717) is 12.1 Å². The fourth-order valence-corrected chi connectivity index (χ4v) is 3.96. The number of nitrogens with one attached hydrogen (secondary N) is 2. The number of hydrogen-bond donors (Lipinski definition) is 2. The molecule has 1 aromatic heterocycles. The number of aromatic nitrogens is 1. The number of amides is 2. The van der Waals surface area contributed by atoms with Crippen LogP contribution in [0.5, 0.6) is 5.75 Å². The van der Waals surface area contributed by atoms with Crippen LogP contribution in [0.4, 0.5) is 20.6 Å². The quantitative estimate of drug-likeness (QED) is 0.623. The number of urea groups is 1. The Bertz CT molecular complexity index is 967. The number of anilines is 2. The third-order valence-electron chi connectivity index (χ3n) is 4.09. The maximum Gasteiger partial charge on any atom is 0.323 e. The molecule has 30 heavy (non-hydrogen) atoms. The van der Waals surface area contributed by atoms with Crippen molar-refractivity contribution in [2.24, 2.45) is 0 Å². The highest BCUT2D eigenvalue weighted by Crippen LogP contribution is 2.22. The predicted molar refractivity (Wildman–Crippen MR) is 115 cm³/mol. The molecule has 0 aliphatic carbocycles. The van der Waals surface area contributed by atoms with Crippen molar-refractivity contribution >= 4 is 27.4 Å². The van der Waals surface area contributed by atoms with Gasteiger partial charge in [0.05, 0.1) is 24.2 Å². The molecule has 0 aliphatic heterocycles. The first-order chi connectivity index (χ1) is 14.1. The van der Waals surface area contributed by atoms with Crippen molar-refractivity contribution in [3.05, 3.63) is 48.0 Å². The Kier molecular flexibility index (Phi) is 8.13. The lowest BCUT2D eigenvalue weighted by atomic mass is 10.3. The molecule has 0 saturated carbocycles. The molecule has 1 atom stereocenters. The minimum Gasteiger partial charge on any atom is -0.489 e. The predicted octanol–water partition coefficient (Wildman–Crippen LogP) is 3.61. The molecule has 2 amide bonds. The summed E-state index contributed by atoms with van der Waals surface area (Å²) in [5, 5.41) is 5.14. The Balaban J connectivity index is 2.00. The fourth-order valence-electron chi connectivity index (χ4n) is 2.70. The Hall–Kier alpha value is -2.72. The van der Waals surface area contributed by atoms with Gasteiger partial charge in [0.15, 0.2) is 0 Å². The highest BCUT2D eigenvalue weighted by molar-refractivity contribution is 7.89. The van der Waals surface area contributed by atoms with E-state index >= 15 is 0 Å². The SMILES string of the molecule is CCCS(=O)(=O)N(C)C[C@H](C)Oc1cc(F)cc(NC(=O)Nc2ccc(C)nc2)c1. The molecule has 0 saturated heterocycles. The van der Waals surface area contributed by atoms with Crippen molar-refractivity contribution in [3.8, 4) is 5.75 Å². The molecular formula is C20H27FN4O4S. The van der Waals surface area contributed by atoms with Crippen molar-refractivity contribution in [1.82, 2.24) is 9.29 Å². The molecule has 1 heterocycles. The number of ether oxygens (including phenoxy) is 1. The van der Waals surface area contributed by atoms with Gasteiger partial charge in [-0.2, -0.15) is 0 Å². The molecule has 2 N–H and O–H groups in total. The summed E-state index contributed by atoms with van der Waals surface area (Å²) >= 11 is 0. The van der Waals surface area contributed by atoms with Gasteiger partial charge >= 0.3 is 6.03 Å². The van der Waals surface area contributed by atoms with Gasteiger partial charge in [-0.1, -0.05) is 6.92 Å². The summed E-state index contributed by atoms with van der Waals surface area (Å²) in [7, 11) is -1.87. The standard InChI is InChI=1S/C20H27FN4O4S/c1-5-8-30(27,28)25(4)13-15(3)29-19-10-16(21)9-18(11-19)24-20(26)23-17-7-6-14(2)22-12-17/h6-7,9-12,15H,5,8,13H2,1-4H3,(H2,23,24,26)/t15-/m0/s1. The molecule has 0 bridgehead atoms. The van der Waals surface area contributed by atoms with Crippen LogP contribution in [0.15, 0.2) is 36.5 Å². The lowest BCUT2D eigenvalue weighted by Gasteiger charge is -2.22. The first-order valence-corrected chi connectivity index (χ1v) is 11.1. The van der Waals surface area contributed by atoms with E-state index in [-0.39, 0.29) is 23.7 Å². The second-order valence-electron chi connectivity index (χ2n) is 6.97. The van der Waals surface area contributed by atoms with Gasteiger partial charge < -0.3 is 15.4 Å². The maximum absolute atomic E-state index is 14.0. The highest BCUT2D eigenvalue weighted by Gasteiger charge is 2.20. The zero-order valence-corrected chi connectivity index (χ0v) is 18.3. The summed E-state index contributed by atoms with van der Waals surface area (Å²) in [5.74, 6) is -0.370. The summed E-state index contributed by atoms with van der Waals surface area (Å²) in [5.41, 5.74) is 1.51. The number of hydrogen-bond acceptors (Lipinski definition) is 5. The normalized spacial score (nSPS) is 12.5. The first kappa shape index (κ1) is 23.6. The number of carbonyl (C=O) groups is 1. The number of pyridine rings is 1. The van der Waals surface area contributed by atoms with Crippen LogP contribution < -0.4 is 15.4 Å². The molecule has 1 aromatic carbocycles. The fraction of sp³-hybridized carbons (Fsp3) is 0.400. The molecule has 0 fully saturated rings. The lowest BCUT2D eigenvalue weighted by molar-refractivity contribution is 0.195. The average Bonchev–Trinajstić information content (AvgIpc) is 2.62. The summed E-state index contributed by atoms with van der Waals surface area (Å²) in [6, 6.07) is 6.69. The summed E-state index contributed by atoms with van der Waals surface area (Å²) < 4.78 is 45.0. The van der Waals surface area contributed by atoms with E-state index in [1.54, 1.807) is 26.0 Å². The van der Waals surface area contributed by atoms with Crippen LogP contribution in [0.2, 0.25) is 0 Å². The van der Waals surface area contributed by atoms with E-state index in [2.05, 4.69) is 15.6 Å². The van der Waals surface area contributed by atoms with E-state index in [0.717, 1.165) is 11.8 Å². The van der Waals surface area contributed by atoms with Gasteiger partial charge in [-0.25, -0.2) is 21.9 Å². The molecule has 2 aromatic rings. The van der Waals surface area contributed by atoms with E-state index in [4.69, 9.17) is 4.74 Å². The summed E-state index contributed by atoms with van der Waals surface area (Å²) in [4.78, 5) is 16.2. The number of nitrogens with zero attached hydrogens (tertiary/aromatic N) is 2. The Morgan fingerprint density at radius 2 is 1.93 bits per heavy atom. The minimum atomic E-state index is -3.35. The first-order valence-electron chi connectivity index (χ1n) is 9.51. The van der Waals surface area contributed by atoms with Crippen LogP contribution >= 0.6 is 0 Å². The van der Waals surface area contributed by atoms with Gasteiger partial charge in [-0.05, 0) is 38.5 Å². The third-order valence-corrected chi connectivity index (χ3v) is 6.11. The van der Waals surface area contributed by atoms with Crippen LogP contribution in [0.3, 0.4) is 0 Å². The minimum absolute atomic E-state index is 0.0515. The number of sulfonamides is 1. The van der Waals surface area contributed by atoms with E-state index in [1.165, 1.54) is 29.7 Å². The maximum atomic E-state index is 14.0. The van der Waals surface area contributed by atoms with Gasteiger partial charge in [-0.15, -0.1) is 0 Å². The van der Waals surface area contributed by atoms with Crippen LogP contribution in [0, 0.1) is 12.7 Å². The topological polar surface area (TPSA) is 101 Å². The molecule has 0 unspecified atom stereocenters. The highest BCUT2D eigenvalue weighted by atomic mass is 32.2. The molecule has 2 rings (SSSR count). The molecule has 8 nitrogen and oxygen atoms in total. The lowest BCUT2D eigenvalue weighted by Crippen LogP contribution is -2.36. The number of benzene rings is 1. The van der Waals surface area contributed by atoms with E-state index < -0.39 is 28.0 Å². The van der Waals surface area contributed by atoms with Gasteiger partial charge in [0, 0.05) is 30.6 Å². The van der Waals surface area contributed by atoms with Gasteiger partial charge in [-0.3, -0.25) is 4.98 Å². The van der Waals surface area contributed by atoms with Gasteiger partial charge in [0.1, 0.15) is 17.7 Å². The smallest absolute Gasteiger partial charge is 0.323 e. The van der Waals surface area contributed by atoms with Crippen LogP contribution in [-0.4, -0.2) is 49.2 Å². The molecule has 0 aliphatic rings. The monoisotopic (exact) mass is 438 g/mol. The number of halogens is 1. The zero-order valence-electron chi connectivity index (χ0n) is 17.5. The van der Waals surface area contributed by atoms with Crippen molar-refractivity contribution in [3.63, 3.8) is 0 Å². The van der Waals surface area contributed by atoms with E-state index in [1.807, 2.05) is 6.92 Å². The number of carbonyl (C=O) groups excluding carboxylic acids is 1. The number of likely N-dealkylation sites (N-methyl/N-ethyl adjacent to an activating group) is 1. The second kappa shape index (κ2) is 10.4. The Morgan fingerprint density at radius 1 is 1.23 bits per heavy atom. The van der Waals surface area contributed by atoms with Crippen molar-refractivity contribution in [2.75, 3.05) is 30.0 Å². The Morgan fingerprint density at radius 3 is 2.57 bits per heavy atom. The van der Waals surface area contributed by atoms with Crippen molar-refractivity contribution in [1.29, 1.82) is 0 Å². The largest absolute Gasteiger partial charge is 0.489 e. The molecule has 0 radical (unpaired) electrons. The van der Waals surface area contributed by atoms with Gasteiger partial charge in [0.25, 0.3) is 0 Å². The van der Waals surface area contributed by atoms with Crippen LogP contribution in [0.1, 0.15) is 26.0 Å². The van der Waals surface area contributed by atoms with Crippen LogP contribution in [-0.2, 0) is 10.0 Å². The Labute approximate surface area is 176 Å². The molecular weight excluding hydrogens is 411 g/mol. The summed E-state index contributed by atoms with van der Waals surface area (Å²) in [6.07, 6.45) is 1.50. The summed E-state index contributed by atoms with van der Waals surface area (Å²) in [6.45, 7) is 5.42. The molecule has 164 valence electrons. The molecule has 0 spiro atoms. The second-order valence-corrected chi connectivity index (χ2v) is 9.16. The molecule has 10 heteroatoms. The third kappa shape index (κ3) is 7.27. The van der Waals surface area contributed by atoms with E-state index in [9.17, 15) is 17.6 Å². The van der Waals surface area contributed by atoms with Crippen LogP contribution in [0.25, 0.3) is 0 Å². The average molecular weight is 439 g/mol. The number of aryl methyl sites for hydroxylation is 1. The van der Waals surface area contributed by atoms with Gasteiger partial charge in [0.2, 0.25) is 10.0 Å². The number of rotatable bonds is 9. The van der Waals surface area contributed by atoms with Crippen molar-refractivity contribution in [2.45, 2.75) is 33.3 Å². The zero-order chi connectivity index (χ0) is 22.3.